The van der Waals surface area contributed by atoms with Crippen molar-refractivity contribution >= 4 is 11.8 Å². The van der Waals surface area contributed by atoms with E-state index in [2.05, 4.69) is 11.9 Å². The average molecular weight is 254 g/mol. The molecule has 0 fully saturated rings. The Morgan fingerprint density at radius 1 is 1.47 bits per heavy atom. The average Bonchev–Trinajstić information content (AvgIpc) is 2.78. The summed E-state index contributed by atoms with van der Waals surface area (Å²) in [6, 6.07) is 0. The van der Waals surface area contributed by atoms with Crippen LogP contribution in [0.15, 0.2) is 9.82 Å². The summed E-state index contributed by atoms with van der Waals surface area (Å²) < 4.78 is 1.75. The molecular weight excluding hydrogens is 236 g/mol. The fraction of sp³-hybridized carbons (Fsp3) is 0.667. The summed E-state index contributed by atoms with van der Waals surface area (Å²) in [5.74, 6) is 0.944. The molecule has 5 heteroatoms. The molecule has 94 valence electrons. The van der Waals surface area contributed by atoms with Crippen molar-refractivity contribution in [1.82, 2.24) is 9.55 Å². The lowest BCUT2D eigenvalue weighted by molar-refractivity contribution is 0.277. The maximum absolute atomic E-state index is 11.9. The maximum Gasteiger partial charge on any atom is 0.348 e. The molecule has 0 unspecified atom stereocenters. The molecule has 1 aromatic heterocycles. The number of hydrogen-bond donors (Lipinski definition) is 1. The Balaban J connectivity index is 2.41. The fourth-order valence-corrected chi connectivity index (χ4v) is 3.11. The Kier molecular flexibility index (Phi) is 4.23. The van der Waals surface area contributed by atoms with E-state index in [0.717, 1.165) is 35.7 Å². The summed E-state index contributed by atoms with van der Waals surface area (Å²) in [6.45, 7) is 2.78. The largest absolute Gasteiger partial charge is 0.396 e. The minimum Gasteiger partial charge on any atom is -0.396 e. The lowest BCUT2D eigenvalue weighted by Crippen LogP contribution is -2.27. The van der Waals surface area contributed by atoms with Gasteiger partial charge in [0.25, 0.3) is 0 Å². The summed E-state index contributed by atoms with van der Waals surface area (Å²) in [4.78, 5) is 16.1. The Morgan fingerprint density at radius 3 is 3.00 bits per heavy atom. The second kappa shape index (κ2) is 5.69. The van der Waals surface area contributed by atoms with Gasteiger partial charge in [0.15, 0.2) is 0 Å². The highest BCUT2D eigenvalue weighted by Gasteiger charge is 2.21. The number of aliphatic hydroxyl groups excluding tert-OH is 1. The summed E-state index contributed by atoms with van der Waals surface area (Å²) in [5, 5.41) is 9.79. The van der Waals surface area contributed by atoms with Crippen LogP contribution in [-0.2, 0) is 19.4 Å². The molecule has 0 bridgehead atoms. The summed E-state index contributed by atoms with van der Waals surface area (Å²) in [7, 11) is 0. The number of hydrogen-bond acceptors (Lipinski definition) is 4. The van der Waals surface area contributed by atoms with Crippen LogP contribution < -0.4 is 5.69 Å². The van der Waals surface area contributed by atoms with Crippen molar-refractivity contribution in [3.05, 3.63) is 21.7 Å². The molecule has 0 aromatic carbocycles. The fourth-order valence-electron chi connectivity index (χ4n) is 2.30. The van der Waals surface area contributed by atoms with E-state index in [1.807, 2.05) is 0 Å². The third kappa shape index (κ3) is 2.55. The van der Waals surface area contributed by atoms with Crippen LogP contribution in [0.25, 0.3) is 0 Å². The molecule has 0 spiro atoms. The molecule has 1 N–H and O–H groups in total. The van der Waals surface area contributed by atoms with Crippen LogP contribution in [0.5, 0.6) is 0 Å². The smallest absolute Gasteiger partial charge is 0.348 e. The molecule has 0 aliphatic heterocycles. The Labute approximate surface area is 105 Å². The van der Waals surface area contributed by atoms with Gasteiger partial charge in [-0.2, -0.15) is 4.98 Å². The van der Waals surface area contributed by atoms with Gasteiger partial charge in [-0.15, -0.1) is 11.8 Å². The topological polar surface area (TPSA) is 55.1 Å². The summed E-state index contributed by atoms with van der Waals surface area (Å²) >= 11 is 1.65. The molecule has 4 nitrogen and oxygen atoms in total. The molecule has 0 saturated heterocycles. The molecule has 1 aliphatic carbocycles. The standard InChI is InChI=1S/C12H18N2O2S/c1-2-17-11-9-5-3-6-10(9)14(7-4-8-15)12(16)13-11/h15H,2-8H2,1H3. The number of rotatable bonds is 5. The first-order valence-corrected chi connectivity index (χ1v) is 7.12. The van der Waals surface area contributed by atoms with Crippen LogP contribution in [-0.4, -0.2) is 27.0 Å². The molecule has 0 saturated carbocycles. The number of nitrogens with zero attached hydrogens (tertiary/aromatic N) is 2. The van der Waals surface area contributed by atoms with E-state index >= 15 is 0 Å². The third-order valence-electron chi connectivity index (χ3n) is 3.02. The van der Waals surface area contributed by atoms with Gasteiger partial charge < -0.3 is 5.11 Å². The predicted octanol–water partition coefficient (Wildman–Crippen LogP) is 1.23. The van der Waals surface area contributed by atoms with Crippen molar-refractivity contribution in [2.75, 3.05) is 12.4 Å². The van der Waals surface area contributed by atoms with Crippen molar-refractivity contribution in [2.24, 2.45) is 0 Å². The number of fused-ring (bicyclic) bond motifs is 1. The highest BCUT2D eigenvalue weighted by atomic mass is 32.2. The van der Waals surface area contributed by atoms with E-state index in [-0.39, 0.29) is 12.3 Å². The summed E-state index contributed by atoms with van der Waals surface area (Å²) in [5.41, 5.74) is 2.25. The van der Waals surface area contributed by atoms with Gasteiger partial charge in [-0.05, 0) is 31.4 Å². The van der Waals surface area contributed by atoms with E-state index in [9.17, 15) is 4.79 Å². The van der Waals surface area contributed by atoms with Gasteiger partial charge in [0.2, 0.25) is 0 Å². The van der Waals surface area contributed by atoms with Crippen molar-refractivity contribution in [3.63, 3.8) is 0 Å². The first-order valence-electron chi connectivity index (χ1n) is 6.14. The first-order chi connectivity index (χ1) is 8.27. The second-order valence-corrected chi connectivity index (χ2v) is 5.39. The number of aromatic nitrogens is 2. The van der Waals surface area contributed by atoms with Gasteiger partial charge in [-0.25, -0.2) is 4.79 Å². The van der Waals surface area contributed by atoms with Crippen LogP contribution in [0, 0.1) is 0 Å². The predicted molar refractivity (Wildman–Crippen MR) is 68.6 cm³/mol. The minimum atomic E-state index is -0.157. The van der Waals surface area contributed by atoms with Crippen LogP contribution >= 0.6 is 11.8 Å². The van der Waals surface area contributed by atoms with Gasteiger partial charge in [-0.1, -0.05) is 6.92 Å². The van der Waals surface area contributed by atoms with Gasteiger partial charge in [-0.3, -0.25) is 4.57 Å². The van der Waals surface area contributed by atoms with Crippen molar-refractivity contribution in [3.8, 4) is 0 Å². The number of thioether (sulfide) groups is 1. The van der Waals surface area contributed by atoms with E-state index in [1.165, 1.54) is 5.56 Å². The van der Waals surface area contributed by atoms with Gasteiger partial charge >= 0.3 is 5.69 Å². The molecule has 1 aliphatic rings. The zero-order chi connectivity index (χ0) is 12.3. The third-order valence-corrected chi connectivity index (χ3v) is 3.92. The highest BCUT2D eigenvalue weighted by molar-refractivity contribution is 7.99. The Hall–Kier alpha value is -0.810. The minimum absolute atomic E-state index is 0.118. The number of aliphatic hydroxyl groups is 1. The maximum atomic E-state index is 11.9. The van der Waals surface area contributed by atoms with Crippen molar-refractivity contribution < 1.29 is 5.11 Å². The van der Waals surface area contributed by atoms with Crippen LogP contribution in [0.4, 0.5) is 0 Å². The zero-order valence-electron chi connectivity index (χ0n) is 10.1. The van der Waals surface area contributed by atoms with Gasteiger partial charge in [0, 0.05) is 24.4 Å². The molecule has 2 rings (SSSR count). The Morgan fingerprint density at radius 2 is 2.29 bits per heavy atom. The quantitative estimate of drug-likeness (QED) is 0.634. The highest BCUT2D eigenvalue weighted by Crippen LogP contribution is 2.28. The van der Waals surface area contributed by atoms with E-state index in [1.54, 1.807) is 16.3 Å². The molecule has 1 heterocycles. The zero-order valence-corrected chi connectivity index (χ0v) is 10.9. The van der Waals surface area contributed by atoms with Crippen LogP contribution in [0.2, 0.25) is 0 Å². The van der Waals surface area contributed by atoms with Crippen LogP contribution in [0.3, 0.4) is 0 Å². The molecule has 1 aromatic rings. The Bertz CT molecular complexity index is 457. The normalized spacial score (nSPS) is 14.0. The van der Waals surface area contributed by atoms with Crippen molar-refractivity contribution in [1.29, 1.82) is 0 Å². The molecule has 0 radical (unpaired) electrons. The molecular formula is C12H18N2O2S. The van der Waals surface area contributed by atoms with Gasteiger partial charge in [0.1, 0.15) is 5.03 Å². The van der Waals surface area contributed by atoms with E-state index in [0.29, 0.717) is 13.0 Å². The lowest BCUT2D eigenvalue weighted by atomic mass is 10.2. The van der Waals surface area contributed by atoms with E-state index in [4.69, 9.17) is 5.11 Å². The lowest BCUT2D eigenvalue weighted by Gasteiger charge is -2.13. The van der Waals surface area contributed by atoms with E-state index < -0.39 is 0 Å². The molecule has 0 amide bonds. The molecule has 0 atom stereocenters. The van der Waals surface area contributed by atoms with Crippen LogP contribution in [0.1, 0.15) is 31.0 Å². The monoisotopic (exact) mass is 254 g/mol. The van der Waals surface area contributed by atoms with Crippen molar-refractivity contribution in [2.45, 2.75) is 44.2 Å². The molecule has 17 heavy (non-hydrogen) atoms. The first kappa shape index (κ1) is 12.6. The SMILES string of the molecule is CCSc1nc(=O)n(CCCO)c2c1CCC2. The second-order valence-electron chi connectivity index (χ2n) is 4.14. The summed E-state index contributed by atoms with van der Waals surface area (Å²) in [6.07, 6.45) is 3.73. The van der Waals surface area contributed by atoms with Gasteiger partial charge in [0.05, 0.1) is 0 Å².